The second-order valence-electron chi connectivity index (χ2n) is 17.3. The van der Waals surface area contributed by atoms with Crippen molar-refractivity contribution in [1.29, 1.82) is 0 Å². The van der Waals surface area contributed by atoms with Crippen LogP contribution < -0.4 is 0 Å². The molecule has 8 rings (SSSR count). The molecular formula is C58H64O11S. The third kappa shape index (κ3) is 15.1. The van der Waals surface area contributed by atoms with Gasteiger partial charge in [0.25, 0.3) is 0 Å². The minimum Gasteiger partial charge on any atom is -0.454 e. The average Bonchev–Trinajstić information content (AvgIpc) is 3.40. The standard InChI is InChI=1S/C58H64O11S/c1-3-70-58-56(65-39-48-32-20-9-21-33-48)54(64-38-47-30-18-8-19-31-47)52(62-36-45-26-14-6-15-27-45)50(69-58)41-66-57-55(67-42(2)59)53(63-37-46-28-16-7-17-29-46)51(61-35-44-24-12-5-13-25-44)49(68-57)40-60-34-43-22-10-4-11-23-43/h4-33,49-58H,3,34-41H2,1-2H3/t49-,50-,51-,52-,53+,54+,55+,56+,57+,58-/m1/s1. The Morgan fingerprint density at radius 1 is 0.414 bits per heavy atom. The molecule has 11 nitrogen and oxygen atoms in total. The molecule has 2 heterocycles. The monoisotopic (exact) mass is 968 g/mol. The lowest BCUT2D eigenvalue weighted by Crippen LogP contribution is -2.63. The fourth-order valence-corrected chi connectivity index (χ4v) is 9.60. The first-order valence-corrected chi connectivity index (χ1v) is 25.2. The van der Waals surface area contributed by atoms with Crippen molar-refractivity contribution < 1.29 is 52.2 Å². The second-order valence-corrected chi connectivity index (χ2v) is 18.6. The van der Waals surface area contributed by atoms with Crippen molar-refractivity contribution in [3.05, 3.63) is 215 Å². The zero-order valence-electron chi connectivity index (χ0n) is 39.9. The molecule has 12 heteroatoms. The van der Waals surface area contributed by atoms with Crippen molar-refractivity contribution in [1.82, 2.24) is 0 Å². The van der Waals surface area contributed by atoms with E-state index >= 15 is 0 Å². The summed E-state index contributed by atoms with van der Waals surface area (Å²) in [6.07, 6.45) is -7.05. The first-order valence-electron chi connectivity index (χ1n) is 24.1. The van der Waals surface area contributed by atoms with Crippen LogP contribution in [-0.4, -0.2) is 85.5 Å². The molecule has 2 aliphatic rings. The van der Waals surface area contributed by atoms with Crippen molar-refractivity contribution in [2.75, 3.05) is 19.0 Å². The number of rotatable bonds is 25. The van der Waals surface area contributed by atoms with Crippen molar-refractivity contribution in [2.24, 2.45) is 0 Å². The Morgan fingerprint density at radius 3 is 1.14 bits per heavy atom. The lowest BCUT2D eigenvalue weighted by Gasteiger charge is -2.48. The van der Waals surface area contributed by atoms with E-state index in [1.54, 1.807) is 11.8 Å². The zero-order valence-corrected chi connectivity index (χ0v) is 40.7. The van der Waals surface area contributed by atoms with Crippen LogP contribution in [-0.2, 0) is 91.8 Å². The van der Waals surface area contributed by atoms with Gasteiger partial charge in [0, 0.05) is 6.92 Å². The molecular weight excluding hydrogens is 905 g/mol. The molecule has 0 aromatic heterocycles. The molecule has 70 heavy (non-hydrogen) atoms. The second kappa shape index (κ2) is 27.4. The maximum absolute atomic E-state index is 13.2. The minimum atomic E-state index is -1.14. The van der Waals surface area contributed by atoms with Crippen molar-refractivity contribution in [3.63, 3.8) is 0 Å². The van der Waals surface area contributed by atoms with Crippen LogP contribution in [0.5, 0.6) is 0 Å². The van der Waals surface area contributed by atoms with Crippen LogP contribution in [0.15, 0.2) is 182 Å². The van der Waals surface area contributed by atoms with Gasteiger partial charge in [0.15, 0.2) is 12.4 Å². The van der Waals surface area contributed by atoms with Gasteiger partial charge in [-0.25, -0.2) is 0 Å². The average molecular weight is 969 g/mol. The van der Waals surface area contributed by atoms with E-state index < -0.39 is 66.5 Å². The van der Waals surface area contributed by atoms with Crippen molar-refractivity contribution in [3.8, 4) is 0 Å². The summed E-state index contributed by atoms with van der Waals surface area (Å²) in [6.45, 7) is 5.29. The quantitative estimate of drug-likeness (QED) is 0.0510. The highest BCUT2D eigenvalue weighted by Gasteiger charge is 2.52. The number of thioether (sulfide) groups is 1. The molecule has 2 aliphatic heterocycles. The normalized spacial score (nSPS) is 24.5. The van der Waals surface area contributed by atoms with E-state index in [1.165, 1.54) is 6.92 Å². The van der Waals surface area contributed by atoms with E-state index in [1.807, 2.05) is 182 Å². The number of carbonyl (C=O) groups is 1. The Bertz CT molecular complexity index is 2370. The van der Waals surface area contributed by atoms with Crippen LogP contribution in [0.3, 0.4) is 0 Å². The van der Waals surface area contributed by atoms with Crippen molar-refractivity contribution >= 4 is 17.7 Å². The number of ether oxygens (including phenoxy) is 10. The Balaban J connectivity index is 1.12. The molecule has 10 atom stereocenters. The van der Waals surface area contributed by atoms with E-state index in [9.17, 15) is 4.79 Å². The molecule has 0 radical (unpaired) electrons. The smallest absolute Gasteiger partial charge is 0.303 e. The Hall–Kier alpha value is -5.22. The fourth-order valence-electron chi connectivity index (χ4n) is 8.62. The molecule has 6 aromatic rings. The summed E-state index contributed by atoms with van der Waals surface area (Å²) in [5.74, 6) is 0.224. The van der Waals surface area contributed by atoms with Gasteiger partial charge >= 0.3 is 5.97 Å². The van der Waals surface area contributed by atoms with E-state index in [0.29, 0.717) is 19.8 Å². The molecule has 2 saturated heterocycles. The lowest BCUT2D eigenvalue weighted by atomic mass is 9.97. The number of hydrogen-bond acceptors (Lipinski definition) is 12. The number of hydrogen-bond donors (Lipinski definition) is 0. The summed E-state index contributed by atoms with van der Waals surface area (Å²) < 4.78 is 67.7. The minimum absolute atomic E-state index is 0.0300. The SMILES string of the molecule is CCS[C@H]1O[C@H](CO[C@H]2O[C@H](COCc3ccccc3)[C@@H](OCc3ccccc3)[C@H](OCc3ccccc3)[C@@H]2OC(C)=O)[C@@H](OCc2ccccc2)[C@H](OCc2ccccc2)[C@@H]1OCc1ccccc1. The van der Waals surface area contributed by atoms with E-state index in [4.69, 9.17) is 47.4 Å². The highest BCUT2D eigenvalue weighted by atomic mass is 32.2. The molecule has 0 bridgehead atoms. The Morgan fingerprint density at radius 2 is 0.757 bits per heavy atom. The first kappa shape index (κ1) is 51.1. The number of benzene rings is 6. The van der Waals surface area contributed by atoms with Gasteiger partial charge in [-0.05, 0) is 39.1 Å². The van der Waals surface area contributed by atoms with E-state index in [-0.39, 0.29) is 33.0 Å². The molecule has 0 saturated carbocycles. The number of esters is 1. The number of carbonyl (C=O) groups excluding carboxylic acids is 1. The molecule has 2 fully saturated rings. The predicted molar refractivity (Wildman–Crippen MR) is 268 cm³/mol. The van der Waals surface area contributed by atoms with Gasteiger partial charge in [0.2, 0.25) is 0 Å². The third-order valence-electron chi connectivity index (χ3n) is 12.1. The summed E-state index contributed by atoms with van der Waals surface area (Å²) in [7, 11) is 0. The van der Waals surface area contributed by atoms with Gasteiger partial charge in [-0.3, -0.25) is 4.79 Å². The zero-order chi connectivity index (χ0) is 48.2. The highest BCUT2D eigenvalue weighted by molar-refractivity contribution is 7.99. The Labute approximate surface area is 416 Å². The molecule has 0 spiro atoms. The third-order valence-corrected chi connectivity index (χ3v) is 13.1. The van der Waals surface area contributed by atoms with Gasteiger partial charge in [0.1, 0.15) is 48.2 Å². The first-order chi connectivity index (χ1) is 34.5. The summed E-state index contributed by atoms with van der Waals surface area (Å²) >= 11 is 1.64. The van der Waals surface area contributed by atoms with E-state index in [2.05, 4.69) is 6.92 Å². The molecule has 0 amide bonds. The summed E-state index contributed by atoms with van der Waals surface area (Å²) in [5, 5.41) is 0. The van der Waals surface area contributed by atoms with Gasteiger partial charge in [-0.1, -0.05) is 189 Å². The van der Waals surface area contributed by atoms with Gasteiger partial charge in [0.05, 0.1) is 52.9 Å². The lowest BCUT2D eigenvalue weighted by molar-refractivity contribution is -0.330. The molecule has 0 N–H and O–H groups in total. The highest BCUT2D eigenvalue weighted by Crippen LogP contribution is 2.37. The maximum Gasteiger partial charge on any atom is 0.303 e. The largest absolute Gasteiger partial charge is 0.454 e. The van der Waals surface area contributed by atoms with Crippen molar-refractivity contribution in [2.45, 2.75) is 114 Å². The van der Waals surface area contributed by atoms with Crippen LogP contribution >= 0.6 is 11.8 Å². The molecule has 368 valence electrons. The maximum atomic E-state index is 13.2. The van der Waals surface area contributed by atoms with Gasteiger partial charge in [-0.15, -0.1) is 11.8 Å². The molecule has 6 aromatic carbocycles. The Kier molecular flexibility index (Phi) is 20.0. The molecule has 0 unspecified atom stereocenters. The summed E-state index contributed by atoms with van der Waals surface area (Å²) in [5.41, 5.74) is 5.46. The summed E-state index contributed by atoms with van der Waals surface area (Å²) in [6, 6.07) is 59.9. The van der Waals surface area contributed by atoms with Gasteiger partial charge < -0.3 is 47.4 Å². The van der Waals surface area contributed by atoms with Crippen LogP contribution in [0.4, 0.5) is 0 Å². The van der Waals surface area contributed by atoms with Crippen LogP contribution in [0.1, 0.15) is 47.2 Å². The van der Waals surface area contributed by atoms with E-state index in [0.717, 1.165) is 39.1 Å². The molecule has 0 aliphatic carbocycles. The fraction of sp³-hybridized carbons (Fsp3) is 0.362. The van der Waals surface area contributed by atoms with Gasteiger partial charge in [-0.2, -0.15) is 0 Å². The van der Waals surface area contributed by atoms with Crippen LogP contribution in [0.25, 0.3) is 0 Å². The predicted octanol–water partition coefficient (Wildman–Crippen LogP) is 10.3. The van der Waals surface area contributed by atoms with Crippen LogP contribution in [0, 0.1) is 0 Å². The van der Waals surface area contributed by atoms with Crippen LogP contribution in [0.2, 0.25) is 0 Å². The summed E-state index contributed by atoms with van der Waals surface area (Å²) in [4.78, 5) is 13.2. The topological polar surface area (TPSA) is 109 Å².